The number of unbranched alkanes of at least 4 members (excludes halogenated alkanes) is 1. The Morgan fingerprint density at radius 1 is 1.44 bits per heavy atom. The highest BCUT2D eigenvalue weighted by atomic mass is 16.5. The Balaban J connectivity index is 2.47. The third kappa shape index (κ3) is 4.17. The van der Waals surface area contributed by atoms with Gasteiger partial charge in [-0.2, -0.15) is 0 Å². The summed E-state index contributed by atoms with van der Waals surface area (Å²) in [4.78, 5) is 11.0. The summed E-state index contributed by atoms with van der Waals surface area (Å²) in [5.41, 5.74) is 0.743. The van der Waals surface area contributed by atoms with Crippen LogP contribution in [0.2, 0.25) is 0 Å². The van der Waals surface area contributed by atoms with Crippen molar-refractivity contribution in [3.8, 4) is 5.75 Å². The number of hydrogen-bond acceptors (Lipinski definition) is 2. The molecule has 3 heteroatoms. The predicted molar refractivity (Wildman–Crippen MR) is 65.7 cm³/mol. The van der Waals surface area contributed by atoms with Gasteiger partial charge in [0.25, 0.3) is 0 Å². The van der Waals surface area contributed by atoms with E-state index in [9.17, 15) is 4.79 Å². The van der Waals surface area contributed by atoms with Crippen molar-refractivity contribution in [1.29, 1.82) is 0 Å². The summed E-state index contributed by atoms with van der Waals surface area (Å²) in [5.74, 6) is 0.615. The lowest BCUT2D eigenvalue weighted by molar-refractivity contribution is -0.111. The zero-order valence-corrected chi connectivity index (χ0v) is 9.53. The van der Waals surface area contributed by atoms with Gasteiger partial charge in [0.2, 0.25) is 5.91 Å². The molecule has 86 valence electrons. The van der Waals surface area contributed by atoms with Crippen molar-refractivity contribution in [2.45, 2.75) is 19.8 Å². The highest BCUT2D eigenvalue weighted by Gasteiger charge is 1.97. The minimum atomic E-state index is -0.209. The van der Waals surface area contributed by atoms with E-state index in [4.69, 9.17) is 4.74 Å². The Morgan fingerprint density at radius 2 is 2.12 bits per heavy atom. The fourth-order valence-electron chi connectivity index (χ4n) is 1.16. The van der Waals surface area contributed by atoms with Crippen molar-refractivity contribution in [3.63, 3.8) is 0 Å². The Hall–Kier alpha value is -1.77. The second kappa shape index (κ2) is 6.67. The molecule has 0 atom stereocenters. The zero-order chi connectivity index (χ0) is 11.8. The van der Waals surface area contributed by atoms with Gasteiger partial charge in [0.15, 0.2) is 0 Å². The Morgan fingerprint density at radius 3 is 2.69 bits per heavy atom. The van der Waals surface area contributed by atoms with E-state index in [2.05, 4.69) is 18.8 Å². The van der Waals surface area contributed by atoms with Gasteiger partial charge in [-0.15, -0.1) is 0 Å². The fraction of sp³-hybridized carbons (Fsp3) is 0.308. The van der Waals surface area contributed by atoms with Crippen LogP contribution in [0, 0.1) is 0 Å². The number of nitrogens with one attached hydrogen (secondary N) is 1. The van der Waals surface area contributed by atoms with Crippen LogP contribution in [0.25, 0.3) is 0 Å². The summed E-state index contributed by atoms with van der Waals surface area (Å²) < 4.78 is 5.50. The van der Waals surface area contributed by atoms with Crippen LogP contribution < -0.4 is 10.1 Å². The number of carbonyl (C=O) groups excluding carboxylic acids is 1. The van der Waals surface area contributed by atoms with Crippen LogP contribution in [0.4, 0.5) is 5.69 Å². The number of ether oxygens (including phenoxy) is 1. The molecule has 0 aromatic heterocycles. The maximum Gasteiger partial charge on any atom is 0.247 e. The minimum Gasteiger partial charge on any atom is -0.494 e. The van der Waals surface area contributed by atoms with Crippen LogP contribution in [0.15, 0.2) is 36.9 Å². The number of anilines is 1. The van der Waals surface area contributed by atoms with E-state index in [1.807, 2.05) is 24.3 Å². The Labute approximate surface area is 96.1 Å². The van der Waals surface area contributed by atoms with Crippen LogP contribution in [-0.2, 0) is 4.79 Å². The zero-order valence-electron chi connectivity index (χ0n) is 9.53. The summed E-state index contributed by atoms with van der Waals surface area (Å²) in [5, 5.41) is 2.67. The van der Waals surface area contributed by atoms with Crippen molar-refractivity contribution >= 4 is 11.6 Å². The average Bonchev–Trinajstić information content (AvgIpc) is 2.31. The molecule has 16 heavy (non-hydrogen) atoms. The molecule has 0 aliphatic heterocycles. The van der Waals surface area contributed by atoms with Gasteiger partial charge >= 0.3 is 0 Å². The molecule has 0 saturated heterocycles. The summed E-state index contributed by atoms with van der Waals surface area (Å²) in [6.07, 6.45) is 3.41. The highest BCUT2D eigenvalue weighted by Crippen LogP contribution is 2.15. The lowest BCUT2D eigenvalue weighted by Crippen LogP contribution is -2.07. The van der Waals surface area contributed by atoms with E-state index in [0.717, 1.165) is 30.9 Å². The fourth-order valence-corrected chi connectivity index (χ4v) is 1.16. The van der Waals surface area contributed by atoms with Gasteiger partial charge in [0.05, 0.1) is 6.61 Å². The van der Waals surface area contributed by atoms with Gasteiger partial charge < -0.3 is 10.1 Å². The molecule has 0 spiro atoms. The van der Waals surface area contributed by atoms with E-state index >= 15 is 0 Å². The molecule has 1 rings (SSSR count). The molecule has 0 fully saturated rings. The van der Waals surface area contributed by atoms with Crippen molar-refractivity contribution < 1.29 is 9.53 Å². The SMILES string of the molecule is C=CC(=O)Nc1ccc(OCCCC)cc1. The Kier molecular flexibility index (Phi) is 5.12. The standard InChI is InChI=1S/C13H17NO2/c1-3-5-10-16-12-8-6-11(7-9-12)14-13(15)4-2/h4,6-9H,2-3,5,10H2,1H3,(H,14,15). The van der Waals surface area contributed by atoms with Gasteiger partial charge in [-0.3, -0.25) is 4.79 Å². The maximum absolute atomic E-state index is 11.0. The molecule has 3 nitrogen and oxygen atoms in total. The van der Waals surface area contributed by atoms with Crippen LogP contribution in [0.3, 0.4) is 0 Å². The first-order valence-corrected chi connectivity index (χ1v) is 5.42. The van der Waals surface area contributed by atoms with Gasteiger partial charge in [0.1, 0.15) is 5.75 Å². The normalized spacial score (nSPS) is 9.56. The quantitative estimate of drug-likeness (QED) is 0.590. The van der Waals surface area contributed by atoms with Crippen LogP contribution >= 0.6 is 0 Å². The smallest absolute Gasteiger partial charge is 0.247 e. The van der Waals surface area contributed by atoms with E-state index in [1.165, 1.54) is 6.08 Å². The second-order valence-corrected chi connectivity index (χ2v) is 3.42. The molecular formula is C13H17NO2. The number of benzene rings is 1. The molecule has 1 amide bonds. The Bertz CT molecular complexity index is 343. The number of carbonyl (C=O) groups is 1. The molecule has 0 aliphatic carbocycles. The van der Waals surface area contributed by atoms with E-state index in [0.29, 0.717) is 0 Å². The molecule has 1 aromatic carbocycles. The molecular weight excluding hydrogens is 202 g/mol. The summed E-state index contributed by atoms with van der Waals surface area (Å²) >= 11 is 0. The largest absolute Gasteiger partial charge is 0.494 e. The molecule has 0 radical (unpaired) electrons. The molecule has 0 saturated carbocycles. The average molecular weight is 219 g/mol. The van der Waals surface area contributed by atoms with Crippen molar-refractivity contribution in [1.82, 2.24) is 0 Å². The van der Waals surface area contributed by atoms with E-state index in [1.54, 1.807) is 0 Å². The molecule has 0 bridgehead atoms. The molecule has 1 N–H and O–H groups in total. The summed E-state index contributed by atoms with van der Waals surface area (Å²) in [7, 11) is 0. The van der Waals surface area contributed by atoms with Gasteiger partial charge in [0, 0.05) is 5.69 Å². The maximum atomic E-state index is 11.0. The molecule has 0 aliphatic rings. The number of amides is 1. The minimum absolute atomic E-state index is 0.209. The summed E-state index contributed by atoms with van der Waals surface area (Å²) in [6.45, 7) is 6.24. The molecule has 1 aromatic rings. The van der Waals surface area contributed by atoms with Gasteiger partial charge in [-0.1, -0.05) is 19.9 Å². The van der Waals surface area contributed by atoms with Crippen molar-refractivity contribution in [2.75, 3.05) is 11.9 Å². The van der Waals surface area contributed by atoms with Crippen LogP contribution in [0.1, 0.15) is 19.8 Å². The van der Waals surface area contributed by atoms with E-state index < -0.39 is 0 Å². The first-order valence-electron chi connectivity index (χ1n) is 5.42. The topological polar surface area (TPSA) is 38.3 Å². The third-order valence-electron chi connectivity index (χ3n) is 2.07. The van der Waals surface area contributed by atoms with Crippen LogP contribution in [0.5, 0.6) is 5.75 Å². The number of hydrogen-bond donors (Lipinski definition) is 1. The highest BCUT2D eigenvalue weighted by molar-refractivity contribution is 5.98. The molecule has 0 unspecified atom stereocenters. The first kappa shape index (κ1) is 12.3. The van der Waals surface area contributed by atoms with Gasteiger partial charge in [-0.05, 0) is 36.8 Å². The van der Waals surface area contributed by atoms with Crippen molar-refractivity contribution in [3.05, 3.63) is 36.9 Å². The summed E-state index contributed by atoms with van der Waals surface area (Å²) in [6, 6.07) is 7.30. The lowest BCUT2D eigenvalue weighted by atomic mass is 10.3. The predicted octanol–water partition coefficient (Wildman–Crippen LogP) is 2.99. The third-order valence-corrected chi connectivity index (χ3v) is 2.07. The van der Waals surface area contributed by atoms with E-state index in [-0.39, 0.29) is 5.91 Å². The second-order valence-electron chi connectivity index (χ2n) is 3.42. The lowest BCUT2D eigenvalue weighted by Gasteiger charge is -2.06. The van der Waals surface area contributed by atoms with Crippen molar-refractivity contribution in [2.24, 2.45) is 0 Å². The van der Waals surface area contributed by atoms with Crippen LogP contribution in [-0.4, -0.2) is 12.5 Å². The first-order chi connectivity index (χ1) is 7.76. The van der Waals surface area contributed by atoms with Gasteiger partial charge in [-0.25, -0.2) is 0 Å². The monoisotopic (exact) mass is 219 g/mol. The number of rotatable bonds is 6. The molecule has 0 heterocycles.